The van der Waals surface area contributed by atoms with Crippen molar-refractivity contribution in [3.63, 3.8) is 0 Å². The standard InChI is InChI=1S/C16H16ClN3OS/c17-9-1-3-12(18-8-9)14-5-6-15(22-14)16(21)20-13-7-10-2-4-11(13)19-10/h1,3,5-6,8,10-11,13,19H,2,4,7H2,(H,20,21)/t10-,11+,13-/m1/s1. The monoisotopic (exact) mass is 333 g/mol. The quantitative estimate of drug-likeness (QED) is 0.907. The van der Waals surface area contributed by atoms with Crippen molar-refractivity contribution in [1.82, 2.24) is 15.6 Å². The van der Waals surface area contributed by atoms with E-state index in [9.17, 15) is 4.79 Å². The summed E-state index contributed by atoms with van der Waals surface area (Å²) >= 11 is 7.32. The summed E-state index contributed by atoms with van der Waals surface area (Å²) in [7, 11) is 0. The Bertz CT molecular complexity index is 700. The van der Waals surface area contributed by atoms with E-state index < -0.39 is 0 Å². The van der Waals surface area contributed by atoms with Crippen molar-refractivity contribution >= 4 is 28.8 Å². The summed E-state index contributed by atoms with van der Waals surface area (Å²) in [5, 5.41) is 7.32. The minimum atomic E-state index is 0.0181. The fourth-order valence-electron chi connectivity index (χ4n) is 3.34. The van der Waals surface area contributed by atoms with E-state index in [0.717, 1.165) is 21.9 Å². The van der Waals surface area contributed by atoms with Gasteiger partial charge in [-0.1, -0.05) is 11.6 Å². The first-order valence-corrected chi connectivity index (χ1v) is 8.67. The molecule has 2 bridgehead atoms. The normalized spacial score (nSPS) is 26.3. The van der Waals surface area contributed by atoms with Gasteiger partial charge >= 0.3 is 0 Å². The zero-order valence-electron chi connectivity index (χ0n) is 11.9. The second kappa shape index (κ2) is 5.65. The van der Waals surface area contributed by atoms with Gasteiger partial charge in [-0.25, -0.2) is 0 Å². The zero-order valence-corrected chi connectivity index (χ0v) is 13.5. The van der Waals surface area contributed by atoms with Gasteiger partial charge in [0.2, 0.25) is 0 Å². The topological polar surface area (TPSA) is 54.0 Å². The number of carbonyl (C=O) groups excluding carboxylic acids is 1. The van der Waals surface area contributed by atoms with Crippen molar-refractivity contribution in [3.8, 4) is 10.6 Å². The fraction of sp³-hybridized carbons (Fsp3) is 0.375. The van der Waals surface area contributed by atoms with Gasteiger partial charge in [-0.05, 0) is 43.5 Å². The van der Waals surface area contributed by atoms with Crippen LogP contribution in [0.5, 0.6) is 0 Å². The molecule has 3 atom stereocenters. The molecule has 4 rings (SSSR count). The number of carbonyl (C=O) groups is 1. The Balaban J connectivity index is 1.46. The molecule has 0 aromatic carbocycles. The first-order chi connectivity index (χ1) is 10.7. The maximum Gasteiger partial charge on any atom is 0.261 e. The number of amides is 1. The van der Waals surface area contributed by atoms with E-state index in [-0.39, 0.29) is 11.9 Å². The van der Waals surface area contributed by atoms with Crippen molar-refractivity contribution < 1.29 is 4.79 Å². The van der Waals surface area contributed by atoms with Crippen LogP contribution in [0.4, 0.5) is 0 Å². The van der Waals surface area contributed by atoms with Crippen LogP contribution < -0.4 is 10.6 Å². The van der Waals surface area contributed by atoms with Gasteiger partial charge in [0.1, 0.15) is 0 Å². The average Bonchev–Trinajstić information content (AvgIpc) is 3.24. The molecule has 2 saturated heterocycles. The second-order valence-corrected chi connectivity index (χ2v) is 7.41. The number of halogens is 1. The van der Waals surface area contributed by atoms with Gasteiger partial charge in [-0.3, -0.25) is 9.78 Å². The van der Waals surface area contributed by atoms with Gasteiger partial charge in [0.05, 0.1) is 20.5 Å². The summed E-state index contributed by atoms with van der Waals surface area (Å²) in [5.74, 6) is 0.0181. The Labute approximate surface area is 137 Å². The molecule has 0 aliphatic carbocycles. The highest BCUT2D eigenvalue weighted by Crippen LogP contribution is 2.30. The molecule has 2 aromatic rings. The molecule has 2 N–H and O–H groups in total. The first-order valence-electron chi connectivity index (χ1n) is 7.48. The summed E-state index contributed by atoms with van der Waals surface area (Å²) in [6.45, 7) is 0. The maximum atomic E-state index is 12.4. The Morgan fingerprint density at radius 2 is 2.23 bits per heavy atom. The van der Waals surface area contributed by atoms with E-state index in [4.69, 9.17) is 11.6 Å². The van der Waals surface area contributed by atoms with Crippen LogP contribution >= 0.6 is 22.9 Å². The Kier molecular flexibility index (Phi) is 3.64. The minimum absolute atomic E-state index is 0.0181. The van der Waals surface area contributed by atoms with Crippen molar-refractivity contribution in [2.45, 2.75) is 37.4 Å². The molecule has 6 heteroatoms. The van der Waals surface area contributed by atoms with Gasteiger partial charge in [-0.15, -0.1) is 11.3 Å². The van der Waals surface area contributed by atoms with E-state index in [0.29, 0.717) is 17.1 Å². The van der Waals surface area contributed by atoms with Crippen molar-refractivity contribution in [3.05, 3.63) is 40.4 Å². The molecule has 0 radical (unpaired) electrons. The Morgan fingerprint density at radius 1 is 1.32 bits per heavy atom. The van der Waals surface area contributed by atoms with Gasteiger partial charge in [0.15, 0.2) is 0 Å². The predicted molar refractivity (Wildman–Crippen MR) is 88.4 cm³/mol. The number of hydrogen-bond acceptors (Lipinski definition) is 4. The molecule has 2 aliphatic rings. The van der Waals surface area contributed by atoms with E-state index >= 15 is 0 Å². The van der Waals surface area contributed by atoms with Crippen LogP contribution in [0.3, 0.4) is 0 Å². The van der Waals surface area contributed by atoms with Gasteiger partial charge in [0.25, 0.3) is 5.91 Å². The van der Waals surface area contributed by atoms with Crippen LogP contribution in [0.15, 0.2) is 30.5 Å². The fourth-order valence-corrected chi connectivity index (χ4v) is 4.34. The third-order valence-corrected chi connectivity index (χ3v) is 5.76. The van der Waals surface area contributed by atoms with E-state index in [1.54, 1.807) is 6.20 Å². The molecule has 4 nitrogen and oxygen atoms in total. The third kappa shape index (κ3) is 2.64. The molecule has 2 fully saturated rings. The molecule has 114 valence electrons. The number of rotatable bonds is 3. The minimum Gasteiger partial charge on any atom is -0.347 e. The van der Waals surface area contributed by atoms with Crippen LogP contribution in [0.25, 0.3) is 10.6 Å². The summed E-state index contributed by atoms with van der Waals surface area (Å²) in [5.41, 5.74) is 0.843. The number of thiophene rings is 1. The van der Waals surface area contributed by atoms with Gasteiger partial charge < -0.3 is 10.6 Å². The smallest absolute Gasteiger partial charge is 0.261 e. The number of nitrogens with zero attached hydrogens (tertiary/aromatic N) is 1. The predicted octanol–water partition coefficient (Wildman–Crippen LogP) is 3.09. The first kappa shape index (κ1) is 14.2. The summed E-state index contributed by atoms with van der Waals surface area (Å²) in [4.78, 5) is 18.4. The van der Waals surface area contributed by atoms with Crippen LogP contribution in [0.1, 0.15) is 28.9 Å². The lowest BCUT2D eigenvalue weighted by Crippen LogP contribution is -2.42. The number of fused-ring (bicyclic) bond motifs is 2. The largest absolute Gasteiger partial charge is 0.347 e. The highest BCUT2D eigenvalue weighted by Gasteiger charge is 2.39. The Morgan fingerprint density at radius 3 is 2.91 bits per heavy atom. The molecule has 22 heavy (non-hydrogen) atoms. The Hall–Kier alpha value is -1.43. The second-order valence-electron chi connectivity index (χ2n) is 5.89. The van der Waals surface area contributed by atoms with E-state index in [2.05, 4.69) is 15.6 Å². The molecule has 0 spiro atoms. The third-order valence-electron chi connectivity index (χ3n) is 4.43. The molecular weight excluding hydrogens is 318 g/mol. The van der Waals surface area contributed by atoms with Gasteiger partial charge in [0, 0.05) is 24.3 Å². The summed E-state index contributed by atoms with van der Waals surface area (Å²) < 4.78 is 0. The summed E-state index contributed by atoms with van der Waals surface area (Å²) in [6.07, 6.45) is 5.08. The lowest BCUT2D eigenvalue weighted by Gasteiger charge is -2.20. The SMILES string of the molecule is O=C(N[C@@H]1C[C@H]2CC[C@@H]1N2)c1ccc(-c2ccc(Cl)cn2)s1. The molecule has 2 aromatic heterocycles. The van der Waals surface area contributed by atoms with E-state index in [1.807, 2.05) is 24.3 Å². The van der Waals surface area contributed by atoms with Crippen LogP contribution in [0, 0.1) is 0 Å². The molecule has 0 saturated carbocycles. The summed E-state index contributed by atoms with van der Waals surface area (Å²) in [6, 6.07) is 8.80. The van der Waals surface area contributed by atoms with Crippen molar-refractivity contribution in [2.24, 2.45) is 0 Å². The maximum absolute atomic E-state index is 12.4. The van der Waals surface area contributed by atoms with Crippen LogP contribution in [-0.2, 0) is 0 Å². The number of hydrogen-bond donors (Lipinski definition) is 2. The van der Waals surface area contributed by atoms with Gasteiger partial charge in [-0.2, -0.15) is 0 Å². The van der Waals surface area contributed by atoms with Crippen molar-refractivity contribution in [1.29, 1.82) is 0 Å². The molecule has 1 amide bonds. The molecule has 2 aliphatic heterocycles. The lowest BCUT2D eigenvalue weighted by atomic mass is 9.95. The highest BCUT2D eigenvalue weighted by atomic mass is 35.5. The highest BCUT2D eigenvalue weighted by molar-refractivity contribution is 7.17. The molecule has 4 heterocycles. The van der Waals surface area contributed by atoms with Crippen LogP contribution in [-0.4, -0.2) is 29.0 Å². The van der Waals surface area contributed by atoms with E-state index in [1.165, 1.54) is 24.2 Å². The molecule has 0 unspecified atom stereocenters. The molecular formula is C16H16ClN3OS. The lowest BCUT2D eigenvalue weighted by molar-refractivity contribution is 0.0935. The van der Waals surface area contributed by atoms with Crippen LogP contribution in [0.2, 0.25) is 5.02 Å². The van der Waals surface area contributed by atoms with Crippen molar-refractivity contribution in [2.75, 3.05) is 0 Å². The zero-order chi connectivity index (χ0) is 15.1. The average molecular weight is 334 g/mol. The number of aromatic nitrogens is 1. The number of pyridine rings is 1. The number of nitrogens with one attached hydrogen (secondary N) is 2.